The molecule has 0 saturated carbocycles. The van der Waals surface area contributed by atoms with Crippen LogP contribution < -0.4 is 24.4 Å². The maximum Gasteiger partial charge on any atom is 0.284 e. The number of hydrazone groups is 1. The first kappa shape index (κ1) is 16.6. The Bertz CT molecular complexity index is 791. The Morgan fingerprint density at radius 1 is 1.20 bits per heavy atom. The van der Waals surface area contributed by atoms with Crippen molar-refractivity contribution in [2.24, 2.45) is 5.10 Å². The number of rotatable bonds is 5. The normalized spacial score (nSPS) is 15.7. The second-order valence-electron chi connectivity index (χ2n) is 5.21. The van der Waals surface area contributed by atoms with Crippen LogP contribution in [0, 0.1) is 0 Å². The molecule has 7 nitrogen and oxygen atoms in total. The van der Waals surface area contributed by atoms with Gasteiger partial charge in [-0.15, -0.1) is 0 Å². The molecule has 1 aliphatic rings. The van der Waals surface area contributed by atoms with Gasteiger partial charge in [0.25, 0.3) is 5.91 Å². The molecule has 2 aromatic rings. The van der Waals surface area contributed by atoms with E-state index in [1.807, 2.05) is 12.1 Å². The van der Waals surface area contributed by atoms with Gasteiger partial charge in [-0.05, 0) is 24.3 Å². The second-order valence-corrected chi connectivity index (χ2v) is 5.21. The summed E-state index contributed by atoms with van der Waals surface area (Å²) in [5.74, 6) is 2.03. The number of amides is 1. The molecule has 0 radical (unpaired) electrons. The summed E-state index contributed by atoms with van der Waals surface area (Å²) < 4.78 is 21.5. The van der Waals surface area contributed by atoms with E-state index in [0.717, 1.165) is 0 Å². The van der Waals surface area contributed by atoms with Gasteiger partial charge in [0.2, 0.25) is 6.10 Å². The Labute approximate surface area is 145 Å². The second kappa shape index (κ2) is 7.57. The highest BCUT2D eigenvalue weighted by molar-refractivity contribution is 5.87. The molecule has 3 rings (SSSR count). The number of hydrogen-bond acceptors (Lipinski definition) is 6. The minimum atomic E-state index is -0.759. The Morgan fingerprint density at radius 2 is 2.00 bits per heavy atom. The molecule has 0 bridgehead atoms. The number of para-hydroxylation sites is 2. The number of hydrogen-bond donors (Lipinski definition) is 1. The molecule has 0 fully saturated rings. The van der Waals surface area contributed by atoms with Gasteiger partial charge in [0.15, 0.2) is 11.5 Å². The lowest BCUT2D eigenvalue weighted by molar-refractivity contribution is -0.130. The van der Waals surface area contributed by atoms with Gasteiger partial charge in [-0.25, -0.2) is 5.43 Å². The van der Waals surface area contributed by atoms with Gasteiger partial charge < -0.3 is 18.9 Å². The Kier molecular flexibility index (Phi) is 5.03. The maximum atomic E-state index is 12.2. The van der Waals surface area contributed by atoms with Crippen LogP contribution in [0.15, 0.2) is 47.6 Å². The molecule has 0 spiro atoms. The van der Waals surface area contributed by atoms with E-state index in [1.165, 1.54) is 6.21 Å². The van der Waals surface area contributed by atoms with Gasteiger partial charge in [-0.2, -0.15) is 5.10 Å². The Morgan fingerprint density at radius 3 is 2.76 bits per heavy atom. The van der Waals surface area contributed by atoms with Gasteiger partial charge in [0.1, 0.15) is 18.1 Å². The van der Waals surface area contributed by atoms with Gasteiger partial charge in [0.05, 0.1) is 20.4 Å². The smallest absolute Gasteiger partial charge is 0.284 e. The molecule has 7 heteroatoms. The number of carbonyl (C=O) groups excluding carboxylic acids is 1. The monoisotopic (exact) mass is 342 g/mol. The fourth-order valence-corrected chi connectivity index (χ4v) is 2.31. The zero-order valence-electron chi connectivity index (χ0n) is 13.9. The molecule has 25 heavy (non-hydrogen) atoms. The van der Waals surface area contributed by atoms with Crippen molar-refractivity contribution in [3.05, 3.63) is 48.0 Å². The zero-order valence-corrected chi connectivity index (χ0v) is 13.9. The minimum absolute atomic E-state index is 0.129. The summed E-state index contributed by atoms with van der Waals surface area (Å²) in [5, 5.41) is 3.96. The van der Waals surface area contributed by atoms with Gasteiger partial charge in [0, 0.05) is 11.6 Å². The largest absolute Gasteiger partial charge is 0.497 e. The molecule has 0 aromatic heterocycles. The van der Waals surface area contributed by atoms with Crippen LogP contribution in [0.5, 0.6) is 23.0 Å². The van der Waals surface area contributed by atoms with Crippen LogP contribution in [0.4, 0.5) is 0 Å². The molecule has 2 aromatic carbocycles. The number of fused-ring (bicyclic) bond motifs is 1. The molecule has 1 N–H and O–H groups in total. The van der Waals surface area contributed by atoms with Crippen molar-refractivity contribution in [3.8, 4) is 23.0 Å². The van der Waals surface area contributed by atoms with Crippen LogP contribution in [0.25, 0.3) is 0 Å². The number of benzene rings is 2. The maximum absolute atomic E-state index is 12.2. The summed E-state index contributed by atoms with van der Waals surface area (Å²) in [6.45, 7) is 0.129. The topological polar surface area (TPSA) is 78.4 Å². The molecular weight excluding hydrogens is 324 g/mol. The van der Waals surface area contributed by atoms with E-state index >= 15 is 0 Å². The van der Waals surface area contributed by atoms with Crippen LogP contribution >= 0.6 is 0 Å². The number of nitrogens with zero attached hydrogens (tertiary/aromatic N) is 1. The molecule has 0 aliphatic carbocycles. The summed E-state index contributed by atoms with van der Waals surface area (Å²) in [4.78, 5) is 12.2. The van der Waals surface area contributed by atoms with Crippen molar-refractivity contribution in [1.82, 2.24) is 5.43 Å². The van der Waals surface area contributed by atoms with E-state index in [1.54, 1.807) is 44.6 Å². The quantitative estimate of drug-likeness (QED) is 0.664. The van der Waals surface area contributed by atoms with E-state index in [0.29, 0.717) is 28.6 Å². The molecule has 1 amide bonds. The van der Waals surface area contributed by atoms with Crippen LogP contribution in [-0.4, -0.2) is 39.1 Å². The molecule has 1 heterocycles. The highest BCUT2D eigenvalue weighted by Crippen LogP contribution is 2.30. The molecule has 1 atom stereocenters. The lowest BCUT2D eigenvalue weighted by atomic mass is 10.2. The van der Waals surface area contributed by atoms with E-state index in [4.69, 9.17) is 18.9 Å². The number of nitrogens with one attached hydrogen (secondary N) is 1. The third kappa shape index (κ3) is 3.82. The number of carbonyl (C=O) groups is 1. The number of methoxy groups -OCH3 is 2. The van der Waals surface area contributed by atoms with Crippen molar-refractivity contribution in [3.63, 3.8) is 0 Å². The SMILES string of the molecule is COc1ccc(/C=N\NC(=O)[C@H]2COc3ccccc3O2)c(OC)c1. The van der Waals surface area contributed by atoms with E-state index in [2.05, 4.69) is 10.5 Å². The van der Waals surface area contributed by atoms with Crippen LogP contribution in [0.3, 0.4) is 0 Å². The summed E-state index contributed by atoms with van der Waals surface area (Å²) in [7, 11) is 3.13. The first-order chi connectivity index (χ1) is 12.2. The van der Waals surface area contributed by atoms with Crippen molar-refractivity contribution in [2.45, 2.75) is 6.10 Å². The minimum Gasteiger partial charge on any atom is -0.497 e. The predicted molar refractivity (Wildman–Crippen MR) is 91.6 cm³/mol. The molecular formula is C18H18N2O5. The number of ether oxygens (including phenoxy) is 4. The molecule has 0 unspecified atom stereocenters. The average molecular weight is 342 g/mol. The average Bonchev–Trinajstić information content (AvgIpc) is 2.67. The molecule has 1 aliphatic heterocycles. The first-order valence-electron chi connectivity index (χ1n) is 7.64. The lowest BCUT2D eigenvalue weighted by Gasteiger charge is -2.24. The Hall–Kier alpha value is -3.22. The highest BCUT2D eigenvalue weighted by atomic mass is 16.6. The van der Waals surface area contributed by atoms with Crippen LogP contribution in [0.2, 0.25) is 0 Å². The summed E-state index contributed by atoms with van der Waals surface area (Å²) in [6, 6.07) is 12.5. The third-order valence-corrected chi connectivity index (χ3v) is 3.62. The lowest BCUT2D eigenvalue weighted by Crippen LogP contribution is -2.42. The first-order valence-corrected chi connectivity index (χ1v) is 7.64. The van der Waals surface area contributed by atoms with E-state index in [-0.39, 0.29) is 6.61 Å². The summed E-state index contributed by atoms with van der Waals surface area (Å²) >= 11 is 0. The van der Waals surface area contributed by atoms with Crippen LogP contribution in [0.1, 0.15) is 5.56 Å². The van der Waals surface area contributed by atoms with E-state index < -0.39 is 12.0 Å². The summed E-state index contributed by atoms with van der Waals surface area (Å²) in [5.41, 5.74) is 3.15. The van der Waals surface area contributed by atoms with E-state index in [9.17, 15) is 4.79 Å². The standard InChI is InChI=1S/C18H18N2O5/c1-22-13-8-7-12(16(9-13)23-2)10-19-20-18(21)17-11-24-14-5-3-4-6-15(14)25-17/h3-10,17H,11H2,1-2H3,(H,20,21)/b19-10-/t17-/m1/s1. The van der Waals surface area contributed by atoms with Gasteiger partial charge in [-0.3, -0.25) is 4.79 Å². The third-order valence-electron chi connectivity index (χ3n) is 3.62. The van der Waals surface area contributed by atoms with Crippen molar-refractivity contribution in [1.29, 1.82) is 0 Å². The van der Waals surface area contributed by atoms with Gasteiger partial charge in [-0.1, -0.05) is 12.1 Å². The summed E-state index contributed by atoms with van der Waals surface area (Å²) in [6.07, 6.45) is 0.734. The fourth-order valence-electron chi connectivity index (χ4n) is 2.31. The van der Waals surface area contributed by atoms with Crippen molar-refractivity contribution >= 4 is 12.1 Å². The van der Waals surface area contributed by atoms with Crippen LogP contribution in [-0.2, 0) is 4.79 Å². The van der Waals surface area contributed by atoms with Gasteiger partial charge >= 0.3 is 0 Å². The van der Waals surface area contributed by atoms with Crippen molar-refractivity contribution in [2.75, 3.05) is 20.8 Å². The zero-order chi connectivity index (χ0) is 17.6. The molecule has 0 saturated heterocycles. The molecule has 130 valence electrons. The highest BCUT2D eigenvalue weighted by Gasteiger charge is 2.26. The van der Waals surface area contributed by atoms with Crippen molar-refractivity contribution < 1.29 is 23.7 Å². The Balaban J connectivity index is 1.62. The predicted octanol–water partition coefficient (Wildman–Crippen LogP) is 1.99. The fraction of sp³-hybridized carbons (Fsp3) is 0.222.